The molecule has 160 valence electrons. The summed E-state index contributed by atoms with van der Waals surface area (Å²) in [7, 11) is -3.96. The van der Waals surface area contributed by atoms with Gasteiger partial charge in [-0.2, -0.15) is 17.5 Å². The van der Waals surface area contributed by atoms with Crippen LogP contribution in [0.4, 0.5) is 18.9 Å². The lowest BCUT2D eigenvalue weighted by atomic mass is 10.2. The molecule has 9 nitrogen and oxygen atoms in total. The highest BCUT2D eigenvalue weighted by Gasteiger charge is 2.32. The number of H-pyrrole nitrogens is 1. The van der Waals surface area contributed by atoms with Gasteiger partial charge >= 0.3 is 6.18 Å². The fourth-order valence-electron chi connectivity index (χ4n) is 2.68. The van der Waals surface area contributed by atoms with Crippen molar-refractivity contribution in [2.75, 3.05) is 25.0 Å². The van der Waals surface area contributed by atoms with Crippen LogP contribution in [0, 0.1) is 0 Å². The number of carbonyl (C=O) groups excluding carboxylic acids is 2. The molecule has 0 unspecified atom stereocenters. The number of hydrogen-bond donors (Lipinski definition) is 3. The number of piperazine rings is 1. The number of anilines is 1. The molecule has 1 aromatic heterocycles. The van der Waals surface area contributed by atoms with Crippen LogP contribution in [-0.2, 0) is 21.0 Å². The Balaban J connectivity index is 1.79. The average Bonchev–Trinajstić information content (AvgIpc) is 2.69. The van der Waals surface area contributed by atoms with Crippen molar-refractivity contribution < 1.29 is 31.2 Å². The van der Waals surface area contributed by atoms with Gasteiger partial charge in [-0.15, -0.1) is 0 Å². The number of rotatable bonds is 4. The summed E-state index contributed by atoms with van der Waals surface area (Å²) in [4.78, 5) is 37.1. The number of aromatic nitrogens is 1. The zero-order chi connectivity index (χ0) is 22.1. The van der Waals surface area contributed by atoms with E-state index in [0.29, 0.717) is 12.3 Å². The molecule has 1 saturated heterocycles. The van der Waals surface area contributed by atoms with Gasteiger partial charge < -0.3 is 15.6 Å². The van der Waals surface area contributed by atoms with Crippen LogP contribution in [0.5, 0.6) is 0 Å². The maximum absolute atomic E-state index is 12.8. The molecular weight excluding hydrogens is 429 g/mol. The van der Waals surface area contributed by atoms with E-state index >= 15 is 0 Å². The van der Waals surface area contributed by atoms with E-state index in [1.807, 2.05) is 4.98 Å². The first-order valence-corrected chi connectivity index (χ1v) is 9.91. The predicted octanol–water partition coefficient (Wildman–Crippen LogP) is 0.766. The van der Waals surface area contributed by atoms with Crippen LogP contribution in [0.25, 0.3) is 0 Å². The highest BCUT2D eigenvalue weighted by molar-refractivity contribution is 7.89. The number of benzene rings is 1. The molecule has 0 radical (unpaired) electrons. The first kappa shape index (κ1) is 21.5. The number of hydrogen-bond acceptors (Lipinski definition) is 5. The molecule has 2 amide bonds. The van der Waals surface area contributed by atoms with Gasteiger partial charge in [0, 0.05) is 24.8 Å². The number of alkyl halides is 3. The molecule has 0 atom stereocenters. The summed E-state index contributed by atoms with van der Waals surface area (Å²) in [5.41, 5.74) is -2.77. The third kappa shape index (κ3) is 4.52. The Morgan fingerprint density at radius 2 is 1.80 bits per heavy atom. The van der Waals surface area contributed by atoms with Gasteiger partial charge in [0.1, 0.15) is 5.69 Å². The number of pyridine rings is 1. The number of amides is 2. The summed E-state index contributed by atoms with van der Waals surface area (Å²) in [5, 5.41) is 4.57. The monoisotopic (exact) mass is 444 g/mol. The number of carbonyl (C=O) groups is 2. The summed E-state index contributed by atoms with van der Waals surface area (Å²) < 4.78 is 64.5. The first-order chi connectivity index (χ1) is 14.0. The van der Waals surface area contributed by atoms with Crippen molar-refractivity contribution in [1.29, 1.82) is 0 Å². The van der Waals surface area contributed by atoms with E-state index in [0.717, 1.165) is 28.6 Å². The fourth-order valence-corrected chi connectivity index (χ4v) is 4.08. The molecule has 0 saturated carbocycles. The summed E-state index contributed by atoms with van der Waals surface area (Å²) >= 11 is 0. The minimum atomic E-state index is -4.72. The standard InChI is InChI=1S/C17H15F3N4O5S/c18-17(19,20)11-7-13(16(27)22-8-11)23-15(26)10-1-3-12(4-2-10)30(28,29)24-6-5-21-14(25)9-24/h1-4,7-8H,5-6,9H2,(H,21,25)(H,22,27)(H,23,26). The summed E-state index contributed by atoms with van der Waals surface area (Å²) in [6.45, 7) is -0.0678. The molecule has 0 bridgehead atoms. The zero-order valence-corrected chi connectivity index (χ0v) is 15.9. The number of nitrogens with zero attached hydrogens (tertiary/aromatic N) is 1. The van der Waals surface area contributed by atoms with Gasteiger partial charge in [0.15, 0.2) is 0 Å². The van der Waals surface area contributed by atoms with E-state index in [2.05, 4.69) is 10.6 Å². The molecule has 0 aliphatic carbocycles. The quantitative estimate of drug-likeness (QED) is 0.642. The molecular formula is C17H15F3N4O5S. The largest absolute Gasteiger partial charge is 0.417 e. The Morgan fingerprint density at radius 3 is 2.40 bits per heavy atom. The lowest BCUT2D eigenvalue weighted by Gasteiger charge is -2.25. The molecule has 1 fully saturated rings. The second-order valence-corrected chi connectivity index (χ2v) is 8.23. The molecule has 1 aromatic carbocycles. The van der Waals surface area contributed by atoms with Gasteiger partial charge in [-0.25, -0.2) is 8.42 Å². The van der Waals surface area contributed by atoms with E-state index in [1.165, 1.54) is 0 Å². The van der Waals surface area contributed by atoms with Crippen LogP contribution in [0.2, 0.25) is 0 Å². The summed E-state index contributed by atoms with van der Waals surface area (Å²) in [6, 6.07) is 5.05. The van der Waals surface area contributed by atoms with Gasteiger partial charge in [-0.1, -0.05) is 0 Å². The smallest absolute Gasteiger partial charge is 0.354 e. The van der Waals surface area contributed by atoms with Crippen LogP contribution in [0.1, 0.15) is 15.9 Å². The second kappa shape index (κ2) is 7.91. The van der Waals surface area contributed by atoms with Crippen molar-refractivity contribution in [3.63, 3.8) is 0 Å². The third-order valence-corrected chi connectivity index (χ3v) is 6.10. The minimum absolute atomic E-state index is 0.0813. The molecule has 1 aliphatic rings. The molecule has 1 aliphatic heterocycles. The van der Waals surface area contributed by atoms with Crippen LogP contribution >= 0.6 is 0 Å². The van der Waals surface area contributed by atoms with E-state index in [9.17, 15) is 36.0 Å². The van der Waals surface area contributed by atoms with Crippen molar-refractivity contribution in [2.45, 2.75) is 11.1 Å². The number of nitrogens with one attached hydrogen (secondary N) is 3. The van der Waals surface area contributed by atoms with Gasteiger partial charge in [0.05, 0.1) is 17.0 Å². The Hall–Kier alpha value is -3.19. The Labute approximate surface area is 167 Å². The zero-order valence-electron chi connectivity index (χ0n) is 15.1. The van der Waals surface area contributed by atoms with Gasteiger partial charge in [0.2, 0.25) is 15.9 Å². The van der Waals surface area contributed by atoms with Crippen LogP contribution in [0.3, 0.4) is 0 Å². The Bertz CT molecular complexity index is 1140. The van der Waals surface area contributed by atoms with E-state index in [4.69, 9.17) is 0 Å². The van der Waals surface area contributed by atoms with E-state index in [1.54, 1.807) is 0 Å². The SMILES string of the molecule is O=C1CN(S(=O)(=O)c2ccc(C(=O)Nc3cc(C(F)(F)F)c[nH]c3=O)cc2)CCN1. The van der Waals surface area contributed by atoms with Gasteiger partial charge in [0.25, 0.3) is 11.5 Å². The number of halogens is 3. The topological polar surface area (TPSA) is 128 Å². The van der Waals surface area contributed by atoms with Gasteiger partial charge in [-0.3, -0.25) is 14.4 Å². The van der Waals surface area contributed by atoms with E-state index < -0.39 is 44.8 Å². The number of sulfonamides is 1. The van der Waals surface area contributed by atoms with Gasteiger partial charge in [-0.05, 0) is 30.3 Å². The van der Waals surface area contributed by atoms with Crippen molar-refractivity contribution in [1.82, 2.24) is 14.6 Å². The van der Waals surface area contributed by atoms with E-state index in [-0.39, 0.29) is 30.1 Å². The lowest BCUT2D eigenvalue weighted by Crippen LogP contribution is -2.49. The van der Waals surface area contributed by atoms with Crippen LogP contribution < -0.4 is 16.2 Å². The fraction of sp³-hybridized carbons (Fsp3) is 0.235. The minimum Gasteiger partial charge on any atom is -0.354 e. The normalized spacial score (nSPS) is 15.5. The molecule has 3 N–H and O–H groups in total. The van der Waals surface area contributed by atoms with Crippen molar-refractivity contribution in [3.8, 4) is 0 Å². The second-order valence-electron chi connectivity index (χ2n) is 6.30. The number of aromatic amines is 1. The summed E-state index contributed by atoms with van der Waals surface area (Å²) in [5.74, 6) is -1.34. The van der Waals surface area contributed by atoms with Crippen molar-refractivity contribution >= 4 is 27.5 Å². The average molecular weight is 444 g/mol. The van der Waals surface area contributed by atoms with Crippen LogP contribution in [-0.4, -0.2) is 49.2 Å². The Kier molecular flexibility index (Phi) is 5.67. The highest BCUT2D eigenvalue weighted by Crippen LogP contribution is 2.29. The molecule has 30 heavy (non-hydrogen) atoms. The maximum Gasteiger partial charge on any atom is 0.417 e. The maximum atomic E-state index is 12.8. The summed E-state index contributed by atoms with van der Waals surface area (Å²) in [6.07, 6.45) is -4.23. The van der Waals surface area contributed by atoms with Crippen molar-refractivity contribution in [3.05, 3.63) is 58.0 Å². The Morgan fingerprint density at radius 1 is 1.13 bits per heavy atom. The van der Waals surface area contributed by atoms with Crippen molar-refractivity contribution in [2.24, 2.45) is 0 Å². The molecule has 3 rings (SSSR count). The third-order valence-electron chi connectivity index (χ3n) is 4.24. The molecule has 2 aromatic rings. The predicted molar refractivity (Wildman–Crippen MR) is 98.2 cm³/mol. The van der Waals surface area contributed by atoms with Crippen LogP contribution in [0.15, 0.2) is 46.2 Å². The molecule has 0 spiro atoms. The first-order valence-electron chi connectivity index (χ1n) is 8.46. The molecule has 13 heteroatoms. The highest BCUT2D eigenvalue weighted by atomic mass is 32.2. The molecule has 2 heterocycles. The lowest BCUT2D eigenvalue weighted by molar-refractivity contribution is -0.137.